The van der Waals surface area contributed by atoms with Gasteiger partial charge in [0.15, 0.2) is 5.82 Å². The van der Waals surface area contributed by atoms with Gasteiger partial charge in [0.25, 0.3) is 0 Å². The van der Waals surface area contributed by atoms with Crippen molar-refractivity contribution in [2.45, 2.75) is 13.0 Å². The molecule has 2 amide bonds. The van der Waals surface area contributed by atoms with Crippen molar-refractivity contribution in [2.24, 2.45) is 5.92 Å². The third kappa shape index (κ3) is 2.98. The van der Waals surface area contributed by atoms with Gasteiger partial charge in [-0.05, 0) is 23.8 Å². The Morgan fingerprint density at radius 3 is 3.00 bits per heavy atom. The Balaban J connectivity index is 1.61. The van der Waals surface area contributed by atoms with Crippen molar-refractivity contribution < 1.29 is 9.59 Å². The zero-order valence-corrected chi connectivity index (χ0v) is 12.3. The molecule has 7 nitrogen and oxygen atoms in total. The molecule has 0 aromatic carbocycles. The smallest absolute Gasteiger partial charge is 0.225 e. The first-order valence-electron chi connectivity index (χ1n) is 7.10. The van der Waals surface area contributed by atoms with Gasteiger partial charge in [0.05, 0.1) is 5.92 Å². The van der Waals surface area contributed by atoms with E-state index in [1.54, 1.807) is 29.0 Å². The van der Waals surface area contributed by atoms with Crippen molar-refractivity contribution in [3.63, 3.8) is 0 Å². The van der Waals surface area contributed by atoms with Crippen LogP contribution in [0.5, 0.6) is 0 Å². The van der Waals surface area contributed by atoms with Crippen molar-refractivity contribution in [3.05, 3.63) is 42.4 Å². The van der Waals surface area contributed by atoms with E-state index in [0.717, 1.165) is 5.56 Å². The molecule has 1 saturated heterocycles. The highest BCUT2D eigenvalue weighted by Crippen LogP contribution is 2.16. The number of carbonyl (C=O) groups excluding carboxylic acids is 2. The van der Waals surface area contributed by atoms with E-state index in [0.29, 0.717) is 18.9 Å². The zero-order chi connectivity index (χ0) is 15.5. The third-order valence-electron chi connectivity index (χ3n) is 3.73. The minimum atomic E-state index is -0.259. The van der Waals surface area contributed by atoms with Crippen molar-refractivity contribution >= 4 is 11.8 Å². The Bertz CT molecular complexity index is 683. The predicted octanol–water partition coefficient (Wildman–Crippen LogP) is 0.362. The minimum absolute atomic E-state index is 0.0185. The fourth-order valence-corrected chi connectivity index (χ4v) is 2.47. The molecule has 7 heteroatoms. The van der Waals surface area contributed by atoms with Crippen LogP contribution >= 0.6 is 0 Å². The van der Waals surface area contributed by atoms with Gasteiger partial charge in [-0.3, -0.25) is 9.59 Å². The number of nitrogens with zero attached hydrogens (tertiary/aromatic N) is 4. The molecule has 0 saturated carbocycles. The monoisotopic (exact) mass is 299 g/mol. The van der Waals surface area contributed by atoms with Gasteiger partial charge < -0.3 is 10.2 Å². The van der Waals surface area contributed by atoms with Gasteiger partial charge in [-0.2, -0.15) is 5.10 Å². The molecule has 0 spiro atoms. The van der Waals surface area contributed by atoms with Crippen LogP contribution in [0, 0.1) is 5.92 Å². The molecule has 114 valence electrons. The molecule has 2 aromatic rings. The average molecular weight is 299 g/mol. The molecule has 1 atom stereocenters. The SMILES string of the molecule is CN1C[C@@H](C(=O)NCc2ccnc(-n3cccn3)c2)CC1=O. The summed E-state index contributed by atoms with van der Waals surface area (Å²) >= 11 is 0. The first-order valence-corrected chi connectivity index (χ1v) is 7.10. The van der Waals surface area contributed by atoms with Crippen LogP contribution in [0.3, 0.4) is 0 Å². The highest BCUT2D eigenvalue weighted by molar-refractivity contribution is 5.89. The lowest BCUT2D eigenvalue weighted by Gasteiger charge is -2.11. The molecular formula is C15H17N5O2. The molecule has 1 aliphatic rings. The number of hydrogen-bond acceptors (Lipinski definition) is 4. The molecular weight excluding hydrogens is 282 g/mol. The summed E-state index contributed by atoms with van der Waals surface area (Å²) in [7, 11) is 1.72. The topological polar surface area (TPSA) is 80.1 Å². The second-order valence-electron chi connectivity index (χ2n) is 5.37. The highest BCUT2D eigenvalue weighted by Gasteiger charge is 2.31. The number of rotatable bonds is 4. The van der Waals surface area contributed by atoms with Crippen LogP contribution in [0.4, 0.5) is 0 Å². The van der Waals surface area contributed by atoms with Crippen molar-refractivity contribution in [3.8, 4) is 5.82 Å². The number of aromatic nitrogens is 3. The number of amides is 2. The number of carbonyl (C=O) groups is 2. The van der Waals surface area contributed by atoms with Crippen LogP contribution in [0.15, 0.2) is 36.8 Å². The van der Waals surface area contributed by atoms with E-state index in [1.807, 2.05) is 24.4 Å². The molecule has 0 unspecified atom stereocenters. The van der Waals surface area contributed by atoms with Gasteiger partial charge in [-0.1, -0.05) is 0 Å². The Morgan fingerprint density at radius 1 is 1.45 bits per heavy atom. The minimum Gasteiger partial charge on any atom is -0.352 e. The van der Waals surface area contributed by atoms with Crippen molar-refractivity contribution in [2.75, 3.05) is 13.6 Å². The summed E-state index contributed by atoms with van der Waals surface area (Å²) in [5.74, 6) is 0.373. The number of hydrogen-bond donors (Lipinski definition) is 1. The van der Waals surface area contributed by atoms with Gasteiger partial charge >= 0.3 is 0 Å². The van der Waals surface area contributed by atoms with Crippen LogP contribution in [0.1, 0.15) is 12.0 Å². The van der Waals surface area contributed by atoms with E-state index in [4.69, 9.17) is 0 Å². The fourth-order valence-electron chi connectivity index (χ4n) is 2.47. The molecule has 1 N–H and O–H groups in total. The number of likely N-dealkylation sites (tertiary alicyclic amines) is 1. The summed E-state index contributed by atoms with van der Waals surface area (Å²) in [6.45, 7) is 0.892. The molecule has 22 heavy (non-hydrogen) atoms. The van der Waals surface area contributed by atoms with E-state index < -0.39 is 0 Å². The second-order valence-corrected chi connectivity index (χ2v) is 5.37. The van der Waals surface area contributed by atoms with Gasteiger partial charge in [-0.25, -0.2) is 9.67 Å². The van der Waals surface area contributed by atoms with E-state index in [-0.39, 0.29) is 24.2 Å². The molecule has 2 aromatic heterocycles. The zero-order valence-electron chi connectivity index (χ0n) is 12.3. The molecule has 0 radical (unpaired) electrons. The number of nitrogens with one attached hydrogen (secondary N) is 1. The van der Waals surface area contributed by atoms with Crippen LogP contribution in [-0.4, -0.2) is 45.1 Å². The second kappa shape index (κ2) is 5.97. The molecule has 0 bridgehead atoms. The van der Waals surface area contributed by atoms with E-state index in [2.05, 4.69) is 15.4 Å². The molecule has 1 fully saturated rings. The average Bonchev–Trinajstić information content (AvgIpc) is 3.16. The van der Waals surface area contributed by atoms with Crippen LogP contribution in [0.2, 0.25) is 0 Å². The van der Waals surface area contributed by atoms with E-state index in [9.17, 15) is 9.59 Å². The summed E-state index contributed by atoms with van der Waals surface area (Å²) in [4.78, 5) is 29.4. The Hall–Kier alpha value is -2.70. The largest absolute Gasteiger partial charge is 0.352 e. The Kier molecular flexibility index (Phi) is 3.86. The van der Waals surface area contributed by atoms with Gasteiger partial charge in [0.1, 0.15) is 0 Å². The molecule has 3 rings (SSSR count). The van der Waals surface area contributed by atoms with Gasteiger partial charge in [0.2, 0.25) is 11.8 Å². The van der Waals surface area contributed by atoms with Gasteiger partial charge in [0, 0.05) is 45.1 Å². The first kappa shape index (κ1) is 14.2. The Labute approximate surface area is 127 Å². The summed E-state index contributed by atoms with van der Waals surface area (Å²) in [5, 5.41) is 7.01. The molecule has 1 aliphatic heterocycles. The molecule has 0 aliphatic carbocycles. The third-order valence-corrected chi connectivity index (χ3v) is 3.73. The van der Waals surface area contributed by atoms with Gasteiger partial charge in [-0.15, -0.1) is 0 Å². The lowest BCUT2D eigenvalue weighted by Crippen LogP contribution is -2.31. The summed E-state index contributed by atoms with van der Waals surface area (Å²) in [6.07, 6.45) is 5.47. The summed E-state index contributed by atoms with van der Waals surface area (Å²) < 4.78 is 1.66. The maximum Gasteiger partial charge on any atom is 0.225 e. The normalized spacial score (nSPS) is 17.8. The van der Waals surface area contributed by atoms with Crippen LogP contribution < -0.4 is 5.32 Å². The lowest BCUT2D eigenvalue weighted by molar-refractivity contribution is -0.128. The summed E-state index contributed by atoms with van der Waals surface area (Å²) in [5.41, 5.74) is 0.937. The Morgan fingerprint density at radius 2 is 2.32 bits per heavy atom. The van der Waals surface area contributed by atoms with Crippen LogP contribution in [0.25, 0.3) is 5.82 Å². The summed E-state index contributed by atoms with van der Waals surface area (Å²) in [6, 6.07) is 5.54. The van der Waals surface area contributed by atoms with E-state index in [1.165, 1.54) is 0 Å². The number of pyridine rings is 1. The standard InChI is InChI=1S/C15H17N5O2/c1-19-10-12(8-14(19)21)15(22)17-9-11-3-5-16-13(7-11)20-6-2-4-18-20/h2-7,12H,8-10H2,1H3,(H,17,22)/t12-/m0/s1. The maximum atomic E-state index is 12.1. The van der Waals surface area contributed by atoms with Crippen molar-refractivity contribution in [1.82, 2.24) is 25.0 Å². The van der Waals surface area contributed by atoms with Crippen LogP contribution in [-0.2, 0) is 16.1 Å². The maximum absolute atomic E-state index is 12.1. The predicted molar refractivity (Wildman–Crippen MR) is 78.9 cm³/mol. The van der Waals surface area contributed by atoms with Crippen molar-refractivity contribution in [1.29, 1.82) is 0 Å². The first-order chi connectivity index (χ1) is 10.6. The highest BCUT2D eigenvalue weighted by atomic mass is 16.2. The van der Waals surface area contributed by atoms with E-state index >= 15 is 0 Å². The quantitative estimate of drug-likeness (QED) is 0.884. The lowest BCUT2D eigenvalue weighted by atomic mass is 10.1. The fraction of sp³-hybridized carbons (Fsp3) is 0.333. The molecule has 3 heterocycles.